The van der Waals surface area contributed by atoms with E-state index in [1.54, 1.807) is 0 Å². The zero-order valence-electron chi connectivity index (χ0n) is 10.5. The molecule has 3 saturated carbocycles. The molecule has 3 fully saturated rings. The van der Waals surface area contributed by atoms with E-state index in [0.29, 0.717) is 11.8 Å². The second-order valence-corrected chi connectivity index (χ2v) is 5.89. The standard InChI is InChI=1S/C13H22FNO2/c1-17-11(16)10(15)13-7-12(8-13,9-13)5-3-2-4-6-14/h10H,2-9,15H2,1H3. The highest BCUT2D eigenvalue weighted by Gasteiger charge is 2.70. The average Bonchev–Trinajstić information content (AvgIpc) is 2.23. The lowest BCUT2D eigenvalue weighted by molar-refractivity contribution is -0.225. The van der Waals surface area contributed by atoms with Gasteiger partial charge in [0.1, 0.15) is 6.04 Å². The van der Waals surface area contributed by atoms with Crippen molar-refractivity contribution in [1.29, 1.82) is 0 Å². The van der Waals surface area contributed by atoms with Crippen LogP contribution in [0.25, 0.3) is 0 Å². The number of alkyl halides is 1. The Morgan fingerprint density at radius 2 is 2.00 bits per heavy atom. The predicted molar refractivity (Wildman–Crippen MR) is 63.2 cm³/mol. The monoisotopic (exact) mass is 243 g/mol. The Hall–Kier alpha value is -0.640. The van der Waals surface area contributed by atoms with E-state index in [-0.39, 0.29) is 18.1 Å². The molecule has 3 aliphatic rings. The van der Waals surface area contributed by atoms with E-state index >= 15 is 0 Å². The van der Waals surface area contributed by atoms with E-state index in [9.17, 15) is 9.18 Å². The number of carbonyl (C=O) groups is 1. The number of ether oxygens (including phenoxy) is 1. The summed E-state index contributed by atoms with van der Waals surface area (Å²) in [5.74, 6) is -0.282. The lowest BCUT2D eigenvalue weighted by Crippen LogP contribution is -2.70. The Morgan fingerprint density at radius 3 is 2.53 bits per heavy atom. The predicted octanol–water partition coefficient (Wildman–Crippen LogP) is 2.19. The molecule has 0 aromatic rings. The van der Waals surface area contributed by atoms with Crippen LogP contribution in [0.2, 0.25) is 0 Å². The summed E-state index contributed by atoms with van der Waals surface area (Å²) in [4.78, 5) is 11.4. The maximum absolute atomic E-state index is 11.9. The number of hydrogen-bond donors (Lipinski definition) is 1. The number of rotatable bonds is 7. The van der Waals surface area contributed by atoms with Gasteiger partial charge in [-0.3, -0.25) is 9.18 Å². The number of nitrogens with two attached hydrogens (primary N) is 1. The van der Waals surface area contributed by atoms with Gasteiger partial charge in [0, 0.05) is 0 Å². The van der Waals surface area contributed by atoms with Gasteiger partial charge in [0.15, 0.2) is 0 Å². The summed E-state index contributed by atoms with van der Waals surface area (Å²) in [5.41, 5.74) is 6.38. The molecule has 0 heterocycles. The third-order valence-electron chi connectivity index (χ3n) is 4.64. The second-order valence-electron chi connectivity index (χ2n) is 5.89. The van der Waals surface area contributed by atoms with Crippen LogP contribution in [0.5, 0.6) is 0 Å². The minimum atomic E-state index is -0.444. The van der Waals surface area contributed by atoms with Gasteiger partial charge in [-0.1, -0.05) is 12.8 Å². The molecule has 1 unspecified atom stereocenters. The molecule has 0 saturated heterocycles. The number of halogens is 1. The van der Waals surface area contributed by atoms with E-state index in [1.165, 1.54) is 13.5 Å². The summed E-state index contributed by atoms with van der Waals surface area (Å²) in [6.07, 6.45) is 7.12. The van der Waals surface area contributed by atoms with E-state index in [0.717, 1.165) is 32.1 Å². The molecule has 0 spiro atoms. The van der Waals surface area contributed by atoms with Crippen LogP contribution in [-0.4, -0.2) is 25.8 Å². The molecule has 0 aliphatic heterocycles. The topological polar surface area (TPSA) is 52.3 Å². The summed E-state index contributed by atoms with van der Waals surface area (Å²) >= 11 is 0. The minimum absolute atomic E-state index is 0.0349. The molecule has 17 heavy (non-hydrogen) atoms. The molecule has 0 radical (unpaired) electrons. The van der Waals surface area contributed by atoms with Crippen molar-refractivity contribution in [2.24, 2.45) is 16.6 Å². The summed E-state index contributed by atoms with van der Waals surface area (Å²) in [6.45, 7) is -0.204. The Bertz CT molecular complexity index is 286. The highest BCUT2D eigenvalue weighted by atomic mass is 19.1. The van der Waals surface area contributed by atoms with Crippen LogP contribution < -0.4 is 5.73 Å². The molecular formula is C13H22FNO2. The van der Waals surface area contributed by atoms with E-state index in [2.05, 4.69) is 0 Å². The van der Waals surface area contributed by atoms with Gasteiger partial charge >= 0.3 is 5.97 Å². The number of unbranched alkanes of at least 4 members (excludes halogenated alkanes) is 2. The van der Waals surface area contributed by atoms with Crippen LogP contribution in [0.3, 0.4) is 0 Å². The summed E-state index contributed by atoms with van der Waals surface area (Å²) in [6, 6.07) is -0.444. The lowest BCUT2D eigenvalue weighted by atomic mass is 9.32. The van der Waals surface area contributed by atoms with Gasteiger partial charge in [-0.05, 0) is 42.9 Å². The van der Waals surface area contributed by atoms with Crippen LogP contribution in [0.1, 0.15) is 44.9 Å². The van der Waals surface area contributed by atoms with E-state index in [1.807, 2.05) is 0 Å². The number of esters is 1. The third-order valence-corrected chi connectivity index (χ3v) is 4.64. The van der Waals surface area contributed by atoms with Crippen molar-refractivity contribution in [3.63, 3.8) is 0 Å². The SMILES string of the molecule is COC(=O)C(N)C12CC(CCCCCF)(C1)C2. The van der Waals surface area contributed by atoms with Crippen molar-refractivity contribution in [1.82, 2.24) is 0 Å². The van der Waals surface area contributed by atoms with Crippen molar-refractivity contribution in [3.8, 4) is 0 Å². The van der Waals surface area contributed by atoms with E-state index < -0.39 is 6.04 Å². The molecule has 1 atom stereocenters. The first-order valence-corrected chi connectivity index (χ1v) is 6.47. The Morgan fingerprint density at radius 1 is 1.35 bits per heavy atom. The molecule has 3 rings (SSSR count). The molecular weight excluding hydrogens is 221 g/mol. The van der Waals surface area contributed by atoms with Crippen molar-refractivity contribution in [2.45, 2.75) is 51.0 Å². The maximum Gasteiger partial charge on any atom is 0.323 e. The fourth-order valence-electron chi connectivity index (χ4n) is 3.83. The molecule has 2 N–H and O–H groups in total. The Kier molecular flexibility index (Phi) is 3.43. The van der Waals surface area contributed by atoms with E-state index in [4.69, 9.17) is 10.5 Å². The van der Waals surface area contributed by atoms with Crippen molar-refractivity contribution in [3.05, 3.63) is 0 Å². The number of carbonyl (C=O) groups excluding carboxylic acids is 1. The zero-order valence-corrected chi connectivity index (χ0v) is 10.5. The van der Waals surface area contributed by atoms with Gasteiger partial charge in [0.05, 0.1) is 13.8 Å². The van der Waals surface area contributed by atoms with Gasteiger partial charge in [0.25, 0.3) is 0 Å². The smallest absolute Gasteiger partial charge is 0.323 e. The minimum Gasteiger partial charge on any atom is -0.468 e. The molecule has 0 aromatic heterocycles. The van der Waals surface area contributed by atoms with Gasteiger partial charge in [-0.2, -0.15) is 0 Å². The highest BCUT2D eigenvalue weighted by molar-refractivity contribution is 5.77. The molecule has 4 heteroatoms. The van der Waals surface area contributed by atoms with Crippen LogP contribution in [0.15, 0.2) is 0 Å². The molecule has 0 aromatic carbocycles. The normalized spacial score (nSPS) is 35.7. The maximum atomic E-state index is 11.9. The zero-order chi connectivity index (χ0) is 12.5. The average molecular weight is 243 g/mol. The van der Waals surface area contributed by atoms with Gasteiger partial charge in [-0.25, -0.2) is 0 Å². The molecule has 0 amide bonds. The largest absolute Gasteiger partial charge is 0.468 e. The van der Waals surface area contributed by atoms with Crippen LogP contribution >= 0.6 is 0 Å². The van der Waals surface area contributed by atoms with Crippen molar-refractivity contribution < 1.29 is 13.9 Å². The Labute approximate surface area is 102 Å². The Balaban J connectivity index is 1.71. The first kappa shape index (κ1) is 12.8. The summed E-state index contributed by atoms with van der Waals surface area (Å²) < 4.78 is 16.6. The number of hydrogen-bond acceptors (Lipinski definition) is 3. The quantitative estimate of drug-likeness (QED) is 0.551. The van der Waals surface area contributed by atoms with Crippen LogP contribution in [-0.2, 0) is 9.53 Å². The lowest BCUT2D eigenvalue weighted by Gasteiger charge is -2.72. The second kappa shape index (κ2) is 4.56. The van der Waals surface area contributed by atoms with Crippen LogP contribution in [0, 0.1) is 10.8 Å². The number of methoxy groups -OCH3 is 1. The summed E-state index contributed by atoms with van der Waals surface area (Å²) in [5, 5.41) is 0. The first-order chi connectivity index (χ1) is 8.07. The van der Waals surface area contributed by atoms with Gasteiger partial charge in [0.2, 0.25) is 0 Å². The van der Waals surface area contributed by atoms with Crippen LogP contribution in [0.4, 0.5) is 4.39 Å². The first-order valence-electron chi connectivity index (χ1n) is 6.47. The highest BCUT2D eigenvalue weighted by Crippen LogP contribution is 2.76. The molecule has 3 nitrogen and oxygen atoms in total. The molecule has 98 valence electrons. The third kappa shape index (κ3) is 2.07. The van der Waals surface area contributed by atoms with Gasteiger partial charge < -0.3 is 10.5 Å². The fraction of sp³-hybridized carbons (Fsp3) is 0.923. The summed E-state index contributed by atoms with van der Waals surface area (Å²) in [7, 11) is 1.39. The molecule has 3 aliphatic carbocycles. The van der Waals surface area contributed by atoms with Gasteiger partial charge in [-0.15, -0.1) is 0 Å². The molecule has 2 bridgehead atoms. The van der Waals surface area contributed by atoms with Crippen molar-refractivity contribution in [2.75, 3.05) is 13.8 Å². The van der Waals surface area contributed by atoms with Crippen molar-refractivity contribution >= 4 is 5.97 Å². The fourth-order valence-corrected chi connectivity index (χ4v) is 3.83.